The number of rotatable bonds is 6. The van der Waals surface area contributed by atoms with E-state index in [1.54, 1.807) is 25.7 Å². The number of hydrogen-bond donors (Lipinski definition) is 1. The summed E-state index contributed by atoms with van der Waals surface area (Å²) in [5, 5.41) is 14.5. The third-order valence-electron chi connectivity index (χ3n) is 6.17. The Hall–Kier alpha value is -3.55. The van der Waals surface area contributed by atoms with E-state index >= 15 is 0 Å². The molecule has 1 N–H and O–H groups in total. The van der Waals surface area contributed by atoms with Crippen molar-refractivity contribution in [3.05, 3.63) is 40.5 Å². The van der Waals surface area contributed by atoms with Crippen LogP contribution in [0.5, 0.6) is 5.88 Å². The average Bonchev–Trinajstić information content (AvgIpc) is 3.04. The summed E-state index contributed by atoms with van der Waals surface area (Å²) in [7, 11) is -3.64. The van der Waals surface area contributed by atoms with Crippen LogP contribution in [-0.4, -0.2) is 64.3 Å². The van der Waals surface area contributed by atoms with Crippen LogP contribution in [0.1, 0.15) is 46.5 Å². The van der Waals surface area contributed by atoms with Gasteiger partial charge in [0, 0.05) is 31.2 Å². The second kappa shape index (κ2) is 9.72. The SMILES string of the molecule is CC(C)(C)OC(=O)N1[C@@H]2CC[C@H]1CC(Oc1ncnc(Nc3ccc(S(C)(=O)=O)cc3F)c1[N+](=O)[O-])C2. The lowest BCUT2D eigenvalue weighted by Crippen LogP contribution is -2.50. The second-order valence-electron chi connectivity index (χ2n) is 10.2. The summed E-state index contributed by atoms with van der Waals surface area (Å²) in [4.78, 5) is 33.2. The van der Waals surface area contributed by atoms with Crippen LogP contribution in [0.25, 0.3) is 0 Å². The van der Waals surface area contributed by atoms with Gasteiger partial charge in [0.15, 0.2) is 9.84 Å². The van der Waals surface area contributed by atoms with Crippen LogP contribution >= 0.6 is 0 Å². The van der Waals surface area contributed by atoms with Crippen LogP contribution in [0, 0.1) is 15.9 Å². The Morgan fingerprint density at radius 1 is 1.22 bits per heavy atom. The molecule has 37 heavy (non-hydrogen) atoms. The van der Waals surface area contributed by atoms with E-state index < -0.39 is 38.0 Å². The summed E-state index contributed by atoms with van der Waals surface area (Å²) in [5.41, 5.74) is -1.42. The third kappa shape index (κ3) is 5.89. The first-order valence-electron chi connectivity index (χ1n) is 11.7. The summed E-state index contributed by atoms with van der Waals surface area (Å²) in [6.07, 6.45) is 3.60. The van der Waals surface area contributed by atoms with E-state index in [9.17, 15) is 27.7 Å². The topological polar surface area (TPSA) is 154 Å². The molecule has 4 rings (SSSR count). The maximum atomic E-state index is 14.6. The highest BCUT2D eigenvalue weighted by atomic mass is 32.2. The summed E-state index contributed by atoms with van der Waals surface area (Å²) in [6, 6.07) is 2.90. The van der Waals surface area contributed by atoms with Gasteiger partial charge >= 0.3 is 11.8 Å². The van der Waals surface area contributed by atoms with Crippen molar-refractivity contribution in [1.29, 1.82) is 0 Å². The smallest absolute Gasteiger partial charge is 0.410 e. The van der Waals surface area contributed by atoms with Gasteiger partial charge in [-0.15, -0.1) is 0 Å². The van der Waals surface area contributed by atoms with Crippen molar-refractivity contribution in [3.63, 3.8) is 0 Å². The molecule has 1 aromatic heterocycles. The fourth-order valence-electron chi connectivity index (χ4n) is 4.65. The molecular weight excluding hydrogens is 509 g/mol. The number of piperidine rings is 1. The molecule has 1 amide bonds. The Balaban J connectivity index is 1.53. The highest BCUT2D eigenvalue weighted by Gasteiger charge is 2.46. The molecule has 2 aromatic rings. The normalized spacial score (nSPS) is 21.4. The number of ether oxygens (including phenoxy) is 2. The first kappa shape index (κ1) is 26.5. The molecule has 1 aromatic carbocycles. The molecule has 2 bridgehead atoms. The zero-order chi connectivity index (χ0) is 27.1. The third-order valence-corrected chi connectivity index (χ3v) is 7.28. The standard InChI is InChI=1S/C23H28FN5O7S/c1-23(2,3)36-22(30)28-13-5-6-14(28)10-15(9-13)35-21-19(29(31)32)20(25-12-26-21)27-18-8-7-16(11-17(18)24)37(4,33)34/h7-8,11-15H,5-6,9-10H2,1-4H3,(H,25,26,27)/t13-,14+,15?. The molecule has 2 aliphatic rings. The Morgan fingerprint density at radius 2 is 1.86 bits per heavy atom. The second-order valence-corrected chi connectivity index (χ2v) is 12.2. The Bertz CT molecular complexity index is 1320. The van der Waals surface area contributed by atoms with Crippen LogP contribution < -0.4 is 10.1 Å². The van der Waals surface area contributed by atoms with Crippen molar-refractivity contribution < 1.29 is 32.0 Å². The van der Waals surface area contributed by atoms with Gasteiger partial charge in [-0.1, -0.05) is 0 Å². The van der Waals surface area contributed by atoms with E-state index in [1.807, 2.05) is 0 Å². The number of carbonyl (C=O) groups excluding carboxylic acids is 1. The molecule has 12 nitrogen and oxygen atoms in total. The average molecular weight is 538 g/mol. The van der Waals surface area contributed by atoms with Crippen LogP contribution in [-0.2, 0) is 14.6 Å². The van der Waals surface area contributed by atoms with E-state index in [0.717, 1.165) is 37.6 Å². The lowest BCUT2D eigenvalue weighted by molar-refractivity contribution is -0.385. The predicted molar refractivity (Wildman–Crippen MR) is 130 cm³/mol. The van der Waals surface area contributed by atoms with E-state index in [2.05, 4.69) is 15.3 Å². The number of halogens is 1. The van der Waals surface area contributed by atoms with Gasteiger partial charge in [-0.2, -0.15) is 4.98 Å². The van der Waals surface area contributed by atoms with Gasteiger partial charge in [-0.05, 0) is 51.8 Å². The number of nitrogens with one attached hydrogen (secondary N) is 1. The largest absolute Gasteiger partial charge is 0.469 e. The maximum Gasteiger partial charge on any atom is 0.410 e. The number of benzene rings is 1. The molecule has 0 aliphatic carbocycles. The molecule has 2 saturated heterocycles. The minimum absolute atomic E-state index is 0.125. The van der Waals surface area contributed by atoms with Crippen molar-refractivity contribution >= 4 is 33.1 Å². The van der Waals surface area contributed by atoms with Gasteiger partial charge in [-0.25, -0.2) is 22.6 Å². The molecule has 3 heterocycles. The molecule has 2 aliphatic heterocycles. The molecular formula is C23H28FN5O7S. The quantitative estimate of drug-likeness (QED) is 0.423. The van der Waals surface area contributed by atoms with E-state index in [1.165, 1.54) is 6.07 Å². The molecule has 0 spiro atoms. The molecule has 2 fully saturated rings. The first-order valence-corrected chi connectivity index (χ1v) is 13.6. The van der Waals surface area contributed by atoms with E-state index in [4.69, 9.17) is 9.47 Å². The van der Waals surface area contributed by atoms with Gasteiger partial charge < -0.3 is 19.7 Å². The maximum absolute atomic E-state index is 14.6. The molecule has 3 atom stereocenters. The van der Waals surface area contributed by atoms with Crippen molar-refractivity contribution in [2.45, 2.75) is 75.1 Å². The van der Waals surface area contributed by atoms with Gasteiger partial charge in [0.2, 0.25) is 5.82 Å². The van der Waals surface area contributed by atoms with Gasteiger partial charge in [-0.3, -0.25) is 10.1 Å². The van der Waals surface area contributed by atoms with Gasteiger partial charge in [0.1, 0.15) is 23.8 Å². The molecule has 14 heteroatoms. The summed E-state index contributed by atoms with van der Waals surface area (Å²) in [6.45, 7) is 5.40. The number of carbonyl (C=O) groups is 1. The van der Waals surface area contributed by atoms with Crippen LogP contribution in [0.3, 0.4) is 0 Å². The minimum atomic E-state index is -3.64. The number of amides is 1. The highest BCUT2D eigenvalue weighted by molar-refractivity contribution is 7.90. The zero-order valence-electron chi connectivity index (χ0n) is 20.8. The summed E-state index contributed by atoms with van der Waals surface area (Å²) in [5.74, 6) is -1.52. The van der Waals surface area contributed by atoms with Gasteiger partial charge in [0.25, 0.3) is 5.88 Å². The lowest BCUT2D eigenvalue weighted by Gasteiger charge is -2.39. The van der Waals surface area contributed by atoms with Crippen LogP contribution in [0.15, 0.2) is 29.4 Å². The lowest BCUT2D eigenvalue weighted by atomic mass is 10.0. The highest BCUT2D eigenvalue weighted by Crippen LogP contribution is 2.40. The van der Waals surface area contributed by atoms with Crippen LogP contribution in [0.4, 0.5) is 26.4 Å². The molecule has 200 valence electrons. The van der Waals surface area contributed by atoms with Crippen molar-refractivity contribution in [3.8, 4) is 5.88 Å². The molecule has 1 unspecified atom stereocenters. The zero-order valence-corrected chi connectivity index (χ0v) is 21.6. The first-order chi connectivity index (χ1) is 17.2. The monoisotopic (exact) mass is 537 g/mol. The molecule has 0 saturated carbocycles. The molecule has 0 radical (unpaired) electrons. The van der Waals surface area contributed by atoms with Crippen LogP contribution in [0.2, 0.25) is 0 Å². The van der Waals surface area contributed by atoms with E-state index in [0.29, 0.717) is 12.8 Å². The number of hydrogen-bond acceptors (Lipinski definition) is 10. The number of nitro groups is 1. The predicted octanol–water partition coefficient (Wildman–Crippen LogP) is 3.98. The van der Waals surface area contributed by atoms with Crippen molar-refractivity contribution in [2.24, 2.45) is 0 Å². The summed E-state index contributed by atoms with van der Waals surface area (Å²) >= 11 is 0. The number of nitrogens with zero attached hydrogens (tertiary/aromatic N) is 4. The Kier molecular flexibility index (Phi) is 6.97. The number of fused-ring (bicyclic) bond motifs is 2. The Morgan fingerprint density at radius 3 is 2.41 bits per heavy atom. The van der Waals surface area contributed by atoms with Crippen molar-refractivity contribution in [1.82, 2.24) is 14.9 Å². The van der Waals surface area contributed by atoms with E-state index in [-0.39, 0.29) is 40.5 Å². The minimum Gasteiger partial charge on any atom is -0.469 e. The fraction of sp³-hybridized carbons (Fsp3) is 0.522. The number of sulfone groups is 1. The van der Waals surface area contributed by atoms with Crippen molar-refractivity contribution in [2.75, 3.05) is 11.6 Å². The summed E-state index contributed by atoms with van der Waals surface area (Å²) < 4.78 is 49.4. The Labute approximate surface area is 213 Å². The van der Waals surface area contributed by atoms with Gasteiger partial charge in [0.05, 0.1) is 15.5 Å². The number of aromatic nitrogens is 2. The fourth-order valence-corrected chi connectivity index (χ4v) is 5.29. The number of anilines is 2.